The third-order valence-corrected chi connectivity index (χ3v) is 4.82. The van der Waals surface area contributed by atoms with Gasteiger partial charge >= 0.3 is 0 Å². The highest BCUT2D eigenvalue weighted by molar-refractivity contribution is 5.88. The van der Waals surface area contributed by atoms with Gasteiger partial charge in [0.05, 0.1) is 23.3 Å². The van der Waals surface area contributed by atoms with Crippen LogP contribution in [-0.4, -0.2) is 24.7 Å². The molecule has 3 heterocycles. The van der Waals surface area contributed by atoms with Crippen LogP contribution in [0.3, 0.4) is 0 Å². The summed E-state index contributed by atoms with van der Waals surface area (Å²) in [6.07, 6.45) is 7.70. The van der Waals surface area contributed by atoms with Gasteiger partial charge in [0.15, 0.2) is 0 Å². The molecular weight excluding hydrogens is 326 g/mol. The van der Waals surface area contributed by atoms with Gasteiger partial charge in [0.25, 0.3) is 0 Å². The number of rotatable bonds is 4. The number of hydrogen-bond acceptors (Lipinski definition) is 5. The van der Waals surface area contributed by atoms with E-state index in [9.17, 15) is 0 Å². The maximum atomic E-state index is 4.72. The van der Waals surface area contributed by atoms with Crippen molar-refractivity contribution < 1.29 is 0 Å². The number of fused-ring (bicyclic) bond motifs is 2. The average Bonchev–Trinajstić information content (AvgIpc) is 3.36. The lowest BCUT2D eigenvalue weighted by Gasteiger charge is -2.16. The third kappa shape index (κ3) is 2.57. The van der Waals surface area contributed by atoms with Gasteiger partial charge in [-0.2, -0.15) is 15.1 Å². The van der Waals surface area contributed by atoms with Crippen LogP contribution in [0.2, 0.25) is 0 Å². The van der Waals surface area contributed by atoms with E-state index in [1.54, 1.807) is 10.9 Å². The molecule has 4 aromatic rings. The minimum absolute atomic E-state index is 0.269. The summed E-state index contributed by atoms with van der Waals surface area (Å²) in [5.74, 6) is 1.38. The van der Waals surface area contributed by atoms with Crippen molar-refractivity contribution in [2.24, 2.45) is 7.05 Å². The molecule has 0 aliphatic heterocycles. The van der Waals surface area contributed by atoms with Gasteiger partial charge in [-0.3, -0.25) is 4.68 Å². The molecule has 3 N–H and O–H groups in total. The van der Waals surface area contributed by atoms with Crippen LogP contribution in [0.4, 0.5) is 17.5 Å². The van der Waals surface area contributed by atoms with Crippen molar-refractivity contribution in [2.75, 3.05) is 10.6 Å². The van der Waals surface area contributed by atoms with Gasteiger partial charge in [-0.15, -0.1) is 0 Å². The van der Waals surface area contributed by atoms with E-state index in [0.717, 1.165) is 35.4 Å². The van der Waals surface area contributed by atoms with Crippen molar-refractivity contribution in [1.29, 1.82) is 0 Å². The van der Waals surface area contributed by atoms with Crippen LogP contribution in [0.25, 0.3) is 11.0 Å². The number of hydrogen-bond donors (Lipinski definition) is 3. The number of aryl methyl sites for hydroxylation is 2. The number of anilines is 3. The Kier molecular flexibility index (Phi) is 3.38. The molecular formula is C19H19N7. The Morgan fingerprint density at radius 1 is 1.19 bits per heavy atom. The van der Waals surface area contributed by atoms with Crippen LogP contribution in [0.1, 0.15) is 23.6 Å². The van der Waals surface area contributed by atoms with E-state index in [2.05, 4.69) is 50.0 Å². The van der Waals surface area contributed by atoms with Crippen molar-refractivity contribution in [3.05, 3.63) is 60.0 Å². The van der Waals surface area contributed by atoms with Crippen LogP contribution >= 0.6 is 0 Å². The van der Waals surface area contributed by atoms with E-state index in [-0.39, 0.29) is 6.04 Å². The van der Waals surface area contributed by atoms with Crippen molar-refractivity contribution >= 4 is 28.5 Å². The fraction of sp³-hybridized carbons (Fsp3) is 0.211. The smallest absolute Gasteiger partial charge is 0.231 e. The molecule has 3 aromatic heterocycles. The maximum Gasteiger partial charge on any atom is 0.231 e. The predicted molar refractivity (Wildman–Crippen MR) is 102 cm³/mol. The fourth-order valence-corrected chi connectivity index (χ4v) is 3.59. The summed E-state index contributed by atoms with van der Waals surface area (Å²) in [5, 5.41) is 12.0. The second kappa shape index (κ2) is 5.87. The molecule has 0 saturated heterocycles. The molecule has 7 nitrogen and oxygen atoms in total. The summed E-state index contributed by atoms with van der Waals surface area (Å²) in [7, 11) is 1.88. The van der Waals surface area contributed by atoms with E-state index in [1.165, 1.54) is 11.1 Å². The summed E-state index contributed by atoms with van der Waals surface area (Å²) >= 11 is 0. The number of nitrogens with zero attached hydrogens (tertiary/aromatic N) is 4. The average molecular weight is 345 g/mol. The molecule has 26 heavy (non-hydrogen) atoms. The first kappa shape index (κ1) is 14.9. The van der Waals surface area contributed by atoms with Crippen molar-refractivity contribution in [2.45, 2.75) is 18.9 Å². The lowest BCUT2D eigenvalue weighted by atomic mass is 10.1. The number of aromatic nitrogens is 5. The SMILES string of the molecule is Cn1cc(Nc2nc(NC3CCc4ccccc43)c3cc[nH]c3n2)cn1. The lowest BCUT2D eigenvalue weighted by molar-refractivity contribution is 0.758. The Morgan fingerprint density at radius 3 is 3.00 bits per heavy atom. The second-order valence-electron chi connectivity index (χ2n) is 6.60. The van der Waals surface area contributed by atoms with E-state index in [0.29, 0.717) is 5.95 Å². The van der Waals surface area contributed by atoms with Crippen LogP contribution in [0, 0.1) is 0 Å². The summed E-state index contributed by atoms with van der Waals surface area (Å²) in [6.45, 7) is 0. The monoisotopic (exact) mass is 345 g/mol. The standard InChI is InChI=1S/C19H19N7/c1-26-11-13(10-21-26)22-19-24-17-15(8-9-20-17)18(25-19)23-16-7-6-12-4-2-3-5-14(12)16/h2-5,8-11,16H,6-7H2,1H3,(H3,20,22,23,24,25). The van der Waals surface area contributed by atoms with E-state index in [1.807, 2.05) is 25.5 Å². The highest BCUT2D eigenvalue weighted by Crippen LogP contribution is 2.35. The molecule has 0 spiro atoms. The first-order chi connectivity index (χ1) is 12.8. The highest BCUT2D eigenvalue weighted by Gasteiger charge is 2.23. The largest absolute Gasteiger partial charge is 0.363 e. The number of aromatic amines is 1. The molecule has 1 unspecified atom stereocenters. The van der Waals surface area contributed by atoms with Gasteiger partial charge in [-0.25, -0.2) is 0 Å². The molecule has 0 amide bonds. The number of nitrogens with one attached hydrogen (secondary N) is 3. The summed E-state index contributed by atoms with van der Waals surface area (Å²) in [5.41, 5.74) is 4.44. The van der Waals surface area contributed by atoms with E-state index >= 15 is 0 Å². The molecule has 1 atom stereocenters. The maximum absolute atomic E-state index is 4.72. The van der Waals surface area contributed by atoms with Crippen LogP contribution in [-0.2, 0) is 13.5 Å². The predicted octanol–water partition coefficient (Wildman–Crippen LogP) is 3.53. The lowest BCUT2D eigenvalue weighted by Crippen LogP contribution is -2.10. The molecule has 0 fully saturated rings. The van der Waals surface area contributed by atoms with Crippen LogP contribution in [0.5, 0.6) is 0 Å². The normalized spacial score (nSPS) is 16.0. The Hall–Kier alpha value is -3.35. The zero-order valence-electron chi connectivity index (χ0n) is 14.4. The van der Waals surface area contributed by atoms with Crippen LogP contribution in [0.15, 0.2) is 48.9 Å². The molecule has 0 bridgehead atoms. The van der Waals surface area contributed by atoms with E-state index in [4.69, 9.17) is 4.98 Å². The zero-order valence-corrected chi connectivity index (χ0v) is 14.4. The summed E-state index contributed by atoms with van der Waals surface area (Å²) in [4.78, 5) is 12.5. The van der Waals surface area contributed by atoms with Crippen LogP contribution < -0.4 is 10.6 Å². The number of benzene rings is 1. The molecule has 5 rings (SSSR count). The van der Waals surface area contributed by atoms with Gasteiger partial charge in [-0.05, 0) is 30.0 Å². The quantitative estimate of drug-likeness (QED) is 0.527. The molecule has 1 aliphatic carbocycles. The molecule has 1 aliphatic rings. The van der Waals surface area contributed by atoms with Crippen molar-refractivity contribution in [1.82, 2.24) is 24.7 Å². The Morgan fingerprint density at radius 2 is 2.12 bits per heavy atom. The zero-order chi connectivity index (χ0) is 17.5. The number of H-pyrrole nitrogens is 1. The highest BCUT2D eigenvalue weighted by atomic mass is 15.3. The van der Waals surface area contributed by atoms with Crippen molar-refractivity contribution in [3.8, 4) is 0 Å². The Labute approximate surface area is 150 Å². The van der Waals surface area contributed by atoms with Gasteiger partial charge in [0.2, 0.25) is 5.95 Å². The minimum atomic E-state index is 0.269. The summed E-state index contributed by atoms with van der Waals surface area (Å²) in [6, 6.07) is 10.9. The van der Waals surface area contributed by atoms with Gasteiger partial charge in [0.1, 0.15) is 11.5 Å². The third-order valence-electron chi connectivity index (χ3n) is 4.82. The first-order valence-corrected chi connectivity index (χ1v) is 8.71. The van der Waals surface area contributed by atoms with Gasteiger partial charge in [-0.1, -0.05) is 24.3 Å². The Bertz CT molecular complexity index is 1080. The second-order valence-corrected chi connectivity index (χ2v) is 6.60. The minimum Gasteiger partial charge on any atom is -0.363 e. The molecule has 0 saturated carbocycles. The fourth-order valence-electron chi connectivity index (χ4n) is 3.59. The molecule has 7 heteroatoms. The van der Waals surface area contributed by atoms with Crippen molar-refractivity contribution in [3.63, 3.8) is 0 Å². The molecule has 0 radical (unpaired) electrons. The summed E-state index contributed by atoms with van der Waals surface area (Å²) < 4.78 is 1.74. The van der Waals surface area contributed by atoms with Gasteiger partial charge in [0, 0.05) is 19.4 Å². The van der Waals surface area contributed by atoms with Gasteiger partial charge < -0.3 is 15.6 Å². The van der Waals surface area contributed by atoms with E-state index < -0.39 is 0 Å². The molecule has 1 aromatic carbocycles. The Balaban J connectivity index is 1.50. The first-order valence-electron chi connectivity index (χ1n) is 8.71. The topological polar surface area (TPSA) is 83.5 Å². The molecule has 130 valence electrons.